The highest BCUT2D eigenvalue weighted by Crippen LogP contribution is 2.39. The summed E-state index contributed by atoms with van der Waals surface area (Å²) in [5, 5.41) is 0. The summed E-state index contributed by atoms with van der Waals surface area (Å²) in [4.78, 5) is 23.3. The molecule has 1 aliphatic rings. The Morgan fingerprint density at radius 1 is 0.500 bits per heavy atom. The fourth-order valence-corrected chi connectivity index (χ4v) is 2.72. The van der Waals surface area contributed by atoms with E-state index in [0.717, 1.165) is 16.7 Å². The summed E-state index contributed by atoms with van der Waals surface area (Å²) in [6.07, 6.45) is -0.907. The molecule has 6 heteroatoms. The van der Waals surface area contributed by atoms with Crippen molar-refractivity contribution in [1.29, 1.82) is 0 Å². The van der Waals surface area contributed by atoms with Crippen LogP contribution in [0.2, 0.25) is 0 Å². The molecule has 1 heterocycles. The van der Waals surface area contributed by atoms with Crippen LogP contribution in [0.3, 0.4) is 0 Å². The van der Waals surface area contributed by atoms with Crippen LogP contribution in [0.4, 0.5) is 4.79 Å². The van der Waals surface area contributed by atoms with Crippen LogP contribution in [0, 0.1) is 20.8 Å². The van der Waals surface area contributed by atoms with E-state index in [9.17, 15) is 4.79 Å². The summed E-state index contributed by atoms with van der Waals surface area (Å²) < 4.78 is 16.7. The molecule has 0 amide bonds. The molecule has 6 nitrogen and oxygen atoms in total. The molecule has 3 aromatic carbocycles. The second-order valence-electron chi connectivity index (χ2n) is 6.57. The molecule has 0 fully saturated rings. The second kappa shape index (κ2) is 7.15. The fourth-order valence-electron chi connectivity index (χ4n) is 2.72. The molecule has 3 aromatic rings. The minimum atomic E-state index is -0.907. The van der Waals surface area contributed by atoms with Crippen LogP contribution in [0.5, 0.6) is 34.5 Å². The summed E-state index contributed by atoms with van der Waals surface area (Å²) >= 11 is 0. The predicted octanol–water partition coefficient (Wildman–Crippen LogP) is 5.67. The van der Waals surface area contributed by atoms with Gasteiger partial charge in [-0.05, 0) is 73.9 Å². The zero-order valence-corrected chi connectivity index (χ0v) is 15.6. The molecule has 0 radical (unpaired) electrons. The van der Waals surface area contributed by atoms with Crippen molar-refractivity contribution in [1.82, 2.24) is 0 Å². The van der Waals surface area contributed by atoms with Crippen molar-refractivity contribution in [3.63, 3.8) is 0 Å². The highest BCUT2D eigenvalue weighted by atomic mass is 17.2. The maximum absolute atomic E-state index is 12.4. The number of rotatable bonds is 0. The van der Waals surface area contributed by atoms with E-state index in [1.165, 1.54) is 0 Å². The lowest BCUT2D eigenvalue weighted by Crippen LogP contribution is -2.16. The van der Waals surface area contributed by atoms with Crippen LogP contribution in [-0.4, -0.2) is 6.16 Å². The third kappa shape index (κ3) is 3.71. The Balaban J connectivity index is 1.83. The second-order valence-corrected chi connectivity index (χ2v) is 6.57. The number of carbonyl (C=O) groups is 1. The van der Waals surface area contributed by atoms with Gasteiger partial charge in [-0.1, -0.05) is 18.2 Å². The topological polar surface area (TPSA) is 63.2 Å². The Kier molecular flexibility index (Phi) is 4.53. The molecule has 0 spiro atoms. The van der Waals surface area contributed by atoms with Crippen LogP contribution >= 0.6 is 0 Å². The van der Waals surface area contributed by atoms with E-state index in [-0.39, 0.29) is 17.2 Å². The van der Waals surface area contributed by atoms with E-state index in [1.807, 2.05) is 45.0 Å². The Morgan fingerprint density at radius 2 is 0.893 bits per heavy atom. The van der Waals surface area contributed by atoms with Crippen LogP contribution in [0.25, 0.3) is 0 Å². The van der Waals surface area contributed by atoms with Crippen molar-refractivity contribution in [2.24, 2.45) is 0 Å². The van der Waals surface area contributed by atoms with E-state index in [0.29, 0.717) is 17.2 Å². The van der Waals surface area contributed by atoms with Gasteiger partial charge in [0.2, 0.25) is 11.5 Å². The van der Waals surface area contributed by atoms with Gasteiger partial charge in [0.15, 0.2) is 23.0 Å². The first-order valence-electron chi connectivity index (χ1n) is 8.72. The zero-order chi connectivity index (χ0) is 19.7. The lowest BCUT2D eigenvalue weighted by molar-refractivity contribution is -0.103. The van der Waals surface area contributed by atoms with Gasteiger partial charge in [0.1, 0.15) is 0 Å². The molecule has 28 heavy (non-hydrogen) atoms. The van der Waals surface area contributed by atoms with Gasteiger partial charge in [0.05, 0.1) is 0 Å². The maximum Gasteiger partial charge on any atom is 0.519 e. The van der Waals surface area contributed by atoms with E-state index >= 15 is 0 Å². The minimum absolute atomic E-state index is 0.189. The van der Waals surface area contributed by atoms with Crippen LogP contribution in [0.1, 0.15) is 16.7 Å². The van der Waals surface area contributed by atoms with E-state index in [4.69, 9.17) is 24.0 Å². The van der Waals surface area contributed by atoms with Crippen LogP contribution in [0.15, 0.2) is 54.6 Å². The smallest absolute Gasteiger partial charge is 0.449 e. The third-order valence-corrected chi connectivity index (χ3v) is 4.13. The number of carbonyl (C=O) groups excluding carboxylic acids is 1. The SMILES string of the molecule is Cc1ccc2c(c1)OC(=O)Oc1cc(C)ccc1Oc1cc(C)ccc1OO2. The standard InChI is InChI=1S/C22H18O6/c1-13-4-7-16-19(10-13)25-22(23)26-21-12-15(3)6-9-18(21)28-27-17-8-5-14(2)11-20(17)24-16/h4-12H,1-3H3. The van der Waals surface area contributed by atoms with Crippen LogP contribution in [-0.2, 0) is 0 Å². The maximum atomic E-state index is 12.4. The number of aryl methyl sites for hydroxylation is 3. The van der Waals surface area contributed by atoms with Gasteiger partial charge in [-0.15, -0.1) is 0 Å². The van der Waals surface area contributed by atoms with Gasteiger partial charge < -0.3 is 14.2 Å². The molecule has 0 bridgehead atoms. The molecule has 4 rings (SSSR count). The average molecular weight is 378 g/mol. The largest absolute Gasteiger partial charge is 0.519 e. The fraction of sp³-hybridized carbons (Fsp3) is 0.136. The first-order chi connectivity index (χ1) is 13.5. The zero-order valence-electron chi connectivity index (χ0n) is 15.6. The Hall–Kier alpha value is -3.67. The summed E-state index contributed by atoms with van der Waals surface area (Å²) in [6.45, 7) is 5.69. The van der Waals surface area contributed by atoms with Gasteiger partial charge >= 0.3 is 6.16 Å². The van der Waals surface area contributed by atoms with E-state index in [1.54, 1.807) is 30.3 Å². The van der Waals surface area contributed by atoms with Gasteiger partial charge in [-0.3, -0.25) is 9.78 Å². The molecule has 0 unspecified atom stereocenters. The molecule has 0 saturated heterocycles. The summed E-state index contributed by atoms with van der Waals surface area (Å²) in [7, 11) is 0. The molecule has 1 aliphatic heterocycles. The van der Waals surface area contributed by atoms with Gasteiger partial charge in [-0.2, -0.15) is 0 Å². The molecule has 0 saturated carbocycles. The Labute approximate surface area is 162 Å². The number of ether oxygens (including phenoxy) is 3. The molecule has 0 N–H and O–H groups in total. The van der Waals surface area contributed by atoms with Gasteiger partial charge in [0, 0.05) is 0 Å². The highest BCUT2D eigenvalue weighted by Gasteiger charge is 2.20. The quantitative estimate of drug-likeness (QED) is 0.285. The minimum Gasteiger partial charge on any atom is -0.449 e. The van der Waals surface area contributed by atoms with Gasteiger partial charge in [-0.25, -0.2) is 4.79 Å². The first-order valence-corrected chi connectivity index (χ1v) is 8.72. The number of hydrogen-bond acceptors (Lipinski definition) is 6. The summed E-state index contributed by atoms with van der Waals surface area (Å²) in [5.41, 5.74) is 2.76. The lowest BCUT2D eigenvalue weighted by atomic mass is 10.2. The summed E-state index contributed by atoms with van der Waals surface area (Å²) in [6, 6.07) is 15.8. The monoisotopic (exact) mass is 378 g/mol. The Morgan fingerprint density at radius 3 is 1.39 bits per heavy atom. The average Bonchev–Trinajstić information content (AvgIpc) is 2.63. The number of hydrogen-bond donors (Lipinski definition) is 0. The van der Waals surface area contributed by atoms with E-state index < -0.39 is 6.16 Å². The lowest BCUT2D eigenvalue weighted by Gasteiger charge is -2.17. The van der Waals surface area contributed by atoms with Crippen molar-refractivity contribution in [2.45, 2.75) is 20.8 Å². The number of benzene rings is 3. The van der Waals surface area contributed by atoms with Crippen molar-refractivity contribution in [3.8, 4) is 34.5 Å². The van der Waals surface area contributed by atoms with Crippen molar-refractivity contribution >= 4 is 6.16 Å². The summed E-state index contributed by atoms with van der Waals surface area (Å²) in [5.74, 6) is 1.82. The molecule has 0 aliphatic carbocycles. The Bertz CT molecular complexity index is 1060. The molecular weight excluding hydrogens is 360 g/mol. The van der Waals surface area contributed by atoms with Crippen molar-refractivity contribution < 1.29 is 28.8 Å². The van der Waals surface area contributed by atoms with Crippen molar-refractivity contribution in [2.75, 3.05) is 0 Å². The first kappa shape index (κ1) is 17.7. The predicted molar refractivity (Wildman–Crippen MR) is 102 cm³/mol. The molecule has 142 valence electrons. The normalized spacial score (nSPS) is 12.9. The van der Waals surface area contributed by atoms with E-state index in [2.05, 4.69) is 0 Å². The molecule has 0 aromatic heterocycles. The van der Waals surface area contributed by atoms with Crippen LogP contribution < -0.4 is 24.0 Å². The highest BCUT2D eigenvalue weighted by molar-refractivity contribution is 5.70. The third-order valence-electron chi connectivity index (χ3n) is 4.13. The van der Waals surface area contributed by atoms with Crippen molar-refractivity contribution in [3.05, 3.63) is 71.3 Å². The van der Waals surface area contributed by atoms with Gasteiger partial charge in [0.25, 0.3) is 0 Å². The molecule has 0 atom stereocenters. The number of fused-ring (bicyclic) bond motifs is 3. The molecular formula is C22H18O6.